The summed E-state index contributed by atoms with van der Waals surface area (Å²) >= 11 is 0. The third-order valence-corrected chi connectivity index (χ3v) is 8.59. The highest BCUT2D eigenvalue weighted by Crippen LogP contribution is 2.35. The van der Waals surface area contributed by atoms with Gasteiger partial charge in [-0.25, -0.2) is 9.59 Å². The van der Waals surface area contributed by atoms with E-state index in [4.69, 9.17) is 9.90 Å². The number of likely N-dealkylation sites (tertiary alicyclic amines) is 1. The van der Waals surface area contributed by atoms with Crippen molar-refractivity contribution in [2.24, 2.45) is 5.41 Å². The smallest absolute Gasteiger partial charge is 0.475 e. The van der Waals surface area contributed by atoms with Gasteiger partial charge in [-0.2, -0.15) is 13.2 Å². The maximum atomic E-state index is 14.3. The van der Waals surface area contributed by atoms with Crippen molar-refractivity contribution in [3.8, 4) is 0 Å². The number of urea groups is 1. The maximum absolute atomic E-state index is 14.3. The number of hydrogen-bond acceptors (Lipinski definition) is 5. The van der Waals surface area contributed by atoms with Crippen molar-refractivity contribution in [1.82, 2.24) is 25.8 Å². The van der Waals surface area contributed by atoms with Gasteiger partial charge in [-0.05, 0) is 48.1 Å². The number of carboxylic acids is 1. The number of piperidine rings is 1. The number of alkyl halides is 3. The summed E-state index contributed by atoms with van der Waals surface area (Å²) in [5, 5.41) is 18.7. The number of fused-ring (bicyclic) bond motifs is 1. The number of carboxylic acid groups (broad SMARTS) is 1. The van der Waals surface area contributed by atoms with Gasteiger partial charge in [-0.3, -0.25) is 9.59 Å². The second kappa shape index (κ2) is 16.4. The fourth-order valence-electron chi connectivity index (χ4n) is 6.19. The Bertz CT molecular complexity index is 1560. The van der Waals surface area contributed by atoms with Crippen LogP contribution in [0.25, 0.3) is 10.8 Å². The van der Waals surface area contributed by atoms with Crippen LogP contribution in [0.15, 0.2) is 72.8 Å². The largest absolute Gasteiger partial charge is 0.490 e. The first-order valence-electron chi connectivity index (χ1n) is 16.1. The highest BCUT2D eigenvalue weighted by molar-refractivity contribution is 5.90. The topological polar surface area (TPSA) is 131 Å². The van der Waals surface area contributed by atoms with Crippen molar-refractivity contribution in [2.45, 2.75) is 44.8 Å². The number of carbonyl (C=O) groups is 4. The first kappa shape index (κ1) is 36.2. The average Bonchev–Trinajstić information content (AvgIpc) is 3.08. The number of rotatable bonds is 8. The van der Waals surface area contributed by atoms with Crippen LogP contribution in [-0.2, 0) is 27.2 Å². The number of aliphatic carboxylic acids is 1. The summed E-state index contributed by atoms with van der Waals surface area (Å²) in [6, 6.07) is 23.4. The van der Waals surface area contributed by atoms with Crippen LogP contribution < -0.4 is 16.0 Å². The molecule has 4 amide bonds. The Labute approximate surface area is 277 Å². The normalized spacial score (nSPS) is 18.7. The van der Waals surface area contributed by atoms with Crippen molar-refractivity contribution in [2.75, 3.05) is 45.8 Å². The summed E-state index contributed by atoms with van der Waals surface area (Å²) < 4.78 is 31.7. The minimum Gasteiger partial charge on any atom is -0.475 e. The summed E-state index contributed by atoms with van der Waals surface area (Å²) in [4.78, 5) is 53.6. The Balaban J connectivity index is 0.000000671. The Morgan fingerprint density at radius 2 is 1.54 bits per heavy atom. The summed E-state index contributed by atoms with van der Waals surface area (Å²) in [5.41, 5.74) is 1.34. The number of carbonyl (C=O) groups excluding carboxylic acids is 3. The third kappa shape index (κ3) is 9.69. The van der Waals surface area contributed by atoms with Gasteiger partial charge in [0, 0.05) is 52.2 Å². The molecular weight excluding hydrogens is 627 g/mol. The molecule has 4 N–H and O–H groups in total. The molecule has 0 aliphatic carbocycles. The van der Waals surface area contributed by atoms with Gasteiger partial charge >= 0.3 is 18.2 Å². The van der Waals surface area contributed by atoms with Gasteiger partial charge in [-0.1, -0.05) is 72.8 Å². The van der Waals surface area contributed by atoms with Crippen molar-refractivity contribution in [3.05, 3.63) is 83.9 Å². The fourth-order valence-corrected chi connectivity index (χ4v) is 6.19. The molecule has 1 unspecified atom stereocenters. The lowest BCUT2D eigenvalue weighted by Crippen LogP contribution is -2.60. The van der Waals surface area contributed by atoms with Gasteiger partial charge in [0.05, 0.1) is 5.41 Å². The number of halogens is 3. The number of benzene rings is 3. The van der Waals surface area contributed by atoms with E-state index in [1.807, 2.05) is 60.4 Å². The number of nitrogens with one attached hydrogen (secondary N) is 3. The lowest BCUT2D eigenvalue weighted by Gasteiger charge is -2.43. The Hall–Kier alpha value is -4.65. The van der Waals surface area contributed by atoms with Crippen LogP contribution >= 0.6 is 0 Å². The van der Waals surface area contributed by atoms with Gasteiger partial charge < -0.3 is 30.9 Å². The van der Waals surface area contributed by atoms with Crippen molar-refractivity contribution >= 4 is 34.6 Å². The van der Waals surface area contributed by atoms with Gasteiger partial charge in [0.15, 0.2) is 0 Å². The molecule has 0 bridgehead atoms. The van der Waals surface area contributed by atoms with Crippen LogP contribution in [-0.4, -0.2) is 96.8 Å². The SMILES string of the molecule is CCNC(=O)[C@]1(Cc2ccccc2)CCCN(C(=O)C(Cc2ccc3ccccc3c2)NC(=O)N2CCNCC2)C1.O=C(O)C(F)(F)F. The van der Waals surface area contributed by atoms with E-state index in [1.54, 1.807) is 4.90 Å². The van der Waals surface area contributed by atoms with Crippen LogP contribution in [0.3, 0.4) is 0 Å². The predicted molar refractivity (Wildman–Crippen MR) is 175 cm³/mol. The van der Waals surface area contributed by atoms with Crippen LogP contribution in [0.1, 0.15) is 30.9 Å². The number of hydrogen-bond donors (Lipinski definition) is 4. The van der Waals surface area contributed by atoms with Gasteiger partial charge in [-0.15, -0.1) is 0 Å². The molecule has 10 nitrogen and oxygen atoms in total. The molecule has 2 saturated heterocycles. The first-order valence-corrected chi connectivity index (χ1v) is 16.1. The van der Waals surface area contributed by atoms with Crippen LogP contribution in [0.2, 0.25) is 0 Å². The molecule has 2 heterocycles. The van der Waals surface area contributed by atoms with E-state index in [2.05, 4.69) is 40.2 Å². The quantitative estimate of drug-likeness (QED) is 0.287. The number of piperazine rings is 1. The van der Waals surface area contributed by atoms with E-state index < -0.39 is 23.6 Å². The number of amides is 4. The molecule has 2 aliphatic rings. The monoisotopic (exact) mass is 669 g/mol. The van der Waals surface area contributed by atoms with Crippen molar-refractivity contribution < 1.29 is 37.5 Å². The lowest BCUT2D eigenvalue weighted by molar-refractivity contribution is -0.192. The molecule has 258 valence electrons. The summed E-state index contributed by atoms with van der Waals surface area (Å²) in [5.74, 6) is -2.91. The molecule has 5 rings (SSSR count). The van der Waals surface area contributed by atoms with E-state index in [0.29, 0.717) is 52.0 Å². The van der Waals surface area contributed by atoms with E-state index >= 15 is 0 Å². The predicted octanol–water partition coefficient (Wildman–Crippen LogP) is 3.99. The highest BCUT2D eigenvalue weighted by atomic mass is 19.4. The van der Waals surface area contributed by atoms with E-state index in [9.17, 15) is 27.6 Å². The van der Waals surface area contributed by atoms with Crippen LogP contribution in [0.5, 0.6) is 0 Å². The minimum absolute atomic E-state index is 0.0164. The second-order valence-electron chi connectivity index (χ2n) is 12.1. The minimum atomic E-state index is -5.08. The fraction of sp³-hybridized carbons (Fsp3) is 0.429. The second-order valence-corrected chi connectivity index (χ2v) is 12.1. The van der Waals surface area contributed by atoms with E-state index in [1.165, 1.54) is 0 Å². The van der Waals surface area contributed by atoms with Crippen molar-refractivity contribution in [1.29, 1.82) is 0 Å². The zero-order valence-corrected chi connectivity index (χ0v) is 26.9. The molecule has 48 heavy (non-hydrogen) atoms. The molecule has 2 fully saturated rings. The van der Waals surface area contributed by atoms with Gasteiger partial charge in [0.2, 0.25) is 11.8 Å². The van der Waals surface area contributed by atoms with Gasteiger partial charge in [0.25, 0.3) is 0 Å². The van der Waals surface area contributed by atoms with E-state index in [0.717, 1.165) is 41.4 Å². The van der Waals surface area contributed by atoms with Crippen molar-refractivity contribution in [3.63, 3.8) is 0 Å². The lowest BCUT2D eigenvalue weighted by atomic mass is 9.74. The summed E-state index contributed by atoms with van der Waals surface area (Å²) in [6.07, 6.45) is -2.71. The molecule has 3 aromatic carbocycles. The molecule has 2 atom stereocenters. The third-order valence-electron chi connectivity index (χ3n) is 8.59. The molecule has 0 saturated carbocycles. The maximum Gasteiger partial charge on any atom is 0.490 e. The number of nitrogens with zero attached hydrogens (tertiary/aromatic N) is 2. The van der Waals surface area contributed by atoms with Crippen LogP contribution in [0.4, 0.5) is 18.0 Å². The molecule has 0 aromatic heterocycles. The molecule has 3 aromatic rings. The molecule has 13 heteroatoms. The highest BCUT2D eigenvalue weighted by Gasteiger charge is 2.44. The molecular formula is C35H42F3N5O5. The van der Waals surface area contributed by atoms with Crippen LogP contribution in [0, 0.1) is 5.41 Å². The standard InChI is InChI=1S/C33H41N5O3.C2HF3O2/c1-2-35-31(40)33(23-25-9-4-3-5-10-25)15-8-18-38(24-33)30(39)29(36-32(41)37-19-16-34-17-20-37)22-26-13-14-27-11-6-7-12-28(27)21-26;3-2(4,5)1(6)7/h3-7,9-14,21,29,34H,2,8,15-20,22-24H2,1H3,(H,35,40)(H,36,41);(H,6,7)/t29?,33-;/m0./s1. The van der Waals surface area contributed by atoms with Gasteiger partial charge in [0.1, 0.15) is 6.04 Å². The zero-order valence-electron chi connectivity index (χ0n) is 26.9. The Kier molecular flexibility index (Phi) is 12.4. The summed E-state index contributed by atoms with van der Waals surface area (Å²) in [7, 11) is 0. The Morgan fingerprint density at radius 3 is 2.19 bits per heavy atom. The van der Waals surface area contributed by atoms with E-state index in [-0.39, 0.29) is 17.8 Å². The average molecular weight is 670 g/mol. The molecule has 0 radical (unpaired) electrons. The molecule has 0 spiro atoms. The first-order chi connectivity index (χ1) is 22.9. The zero-order chi connectivity index (χ0) is 34.7. The molecule has 2 aliphatic heterocycles. The summed E-state index contributed by atoms with van der Waals surface area (Å²) in [6.45, 7) is 6.01. The Morgan fingerprint density at radius 1 is 0.896 bits per heavy atom.